The molecule has 9 nitrogen and oxygen atoms in total. The molecule has 1 aliphatic carbocycles. The Morgan fingerprint density at radius 2 is 2.08 bits per heavy atom. The number of aromatic nitrogens is 2. The number of carbonyl (C=O) groups is 3. The summed E-state index contributed by atoms with van der Waals surface area (Å²) in [5, 5.41) is 2.69. The lowest BCUT2D eigenvalue weighted by atomic mass is 10.0. The van der Waals surface area contributed by atoms with Gasteiger partial charge in [-0.3, -0.25) is 25.2 Å². The zero-order valence-corrected chi connectivity index (χ0v) is 22.4. The first kappa shape index (κ1) is 28.1. The Balaban J connectivity index is 1.47. The molecule has 4 rings (SSSR count). The quantitative estimate of drug-likeness (QED) is 0.356. The number of allylic oxidation sites excluding steroid dienone is 5. The number of halogens is 2. The molecule has 2 aromatic heterocycles. The number of ether oxygens (including phenoxy) is 1. The molecule has 1 saturated heterocycles. The zero-order valence-electron chi connectivity index (χ0n) is 21.6. The highest BCUT2D eigenvalue weighted by molar-refractivity contribution is 7.09. The number of nitrogens with zero attached hydrogens (tertiary/aromatic N) is 3. The number of hydrogen-bond donors (Lipinski definition) is 2. The van der Waals surface area contributed by atoms with Crippen molar-refractivity contribution in [2.45, 2.75) is 58.6 Å². The van der Waals surface area contributed by atoms with Gasteiger partial charge in [-0.15, -0.1) is 11.3 Å². The van der Waals surface area contributed by atoms with Gasteiger partial charge in [0.05, 0.1) is 6.04 Å². The molecule has 0 bridgehead atoms. The van der Waals surface area contributed by atoms with E-state index in [0.717, 1.165) is 36.0 Å². The van der Waals surface area contributed by atoms with Crippen molar-refractivity contribution in [1.29, 1.82) is 0 Å². The lowest BCUT2D eigenvalue weighted by molar-refractivity contribution is -0.118. The summed E-state index contributed by atoms with van der Waals surface area (Å²) in [7, 11) is 0. The molecular formula is C27H29F2N5O4S. The van der Waals surface area contributed by atoms with Crippen molar-refractivity contribution in [1.82, 2.24) is 25.7 Å². The normalized spacial score (nSPS) is 17.3. The molecule has 3 heterocycles. The fourth-order valence-corrected chi connectivity index (χ4v) is 5.27. The summed E-state index contributed by atoms with van der Waals surface area (Å²) in [5.41, 5.74) is 6.55. The molecule has 12 heteroatoms. The molecule has 0 aromatic carbocycles. The lowest BCUT2D eigenvalue weighted by Crippen LogP contribution is -2.42. The van der Waals surface area contributed by atoms with Crippen molar-refractivity contribution in [3.63, 3.8) is 0 Å². The van der Waals surface area contributed by atoms with E-state index in [1.807, 2.05) is 24.5 Å². The number of carbonyl (C=O) groups excluding carboxylic acids is 3. The molecule has 0 radical (unpaired) electrons. The second-order valence-electron chi connectivity index (χ2n) is 9.23. The molecule has 0 spiro atoms. The Bertz CT molecular complexity index is 1340. The van der Waals surface area contributed by atoms with Crippen molar-refractivity contribution in [2.24, 2.45) is 0 Å². The monoisotopic (exact) mass is 557 g/mol. The summed E-state index contributed by atoms with van der Waals surface area (Å²) >= 11 is 1.45. The topological polar surface area (TPSA) is 114 Å². The van der Waals surface area contributed by atoms with Crippen molar-refractivity contribution >= 4 is 29.1 Å². The third kappa shape index (κ3) is 7.34. The number of likely N-dealkylation sites (tertiary alicyclic amines) is 1. The predicted molar refractivity (Wildman–Crippen MR) is 141 cm³/mol. The molecule has 2 aromatic rings. The standard InChI is InChI=1S/C27H29F2N5O4S/c1-16(10-11-18-7-4-3-5-8-18)23(35)32-33-24(36)20-13-19(14-22(31-20)38-27(28)29)26(37)34-12-6-9-21(34)25-30-17(2)15-39-25/h3-4,7,10,13-15,21,27H,5-6,8-9,11-12H2,1-2H3,(H,32,35)(H,33,36)/t21-/m1/s1. The van der Waals surface area contributed by atoms with Crippen LogP contribution in [-0.4, -0.2) is 45.7 Å². The molecular weight excluding hydrogens is 528 g/mol. The number of alkyl halides is 2. The fraction of sp³-hybridized carbons (Fsp3) is 0.370. The third-order valence-corrected chi connectivity index (χ3v) is 7.41. The maximum absolute atomic E-state index is 13.4. The summed E-state index contributed by atoms with van der Waals surface area (Å²) < 4.78 is 30.4. The van der Waals surface area contributed by atoms with Crippen LogP contribution in [0.5, 0.6) is 5.88 Å². The summed E-state index contributed by atoms with van der Waals surface area (Å²) in [6.07, 6.45) is 11.8. The van der Waals surface area contributed by atoms with Crippen LogP contribution in [0.2, 0.25) is 0 Å². The first-order valence-corrected chi connectivity index (χ1v) is 13.4. The molecule has 0 unspecified atom stereocenters. The minimum Gasteiger partial charge on any atom is -0.417 e. The number of aryl methyl sites for hydroxylation is 1. The molecule has 39 heavy (non-hydrogen) atoms. The first-order chi connectivity index (χ1) is 18.7. The largest absolute Gasteiger partial charge is 0.417 e. The minimum absolute atomic E-state index is 0.0387. The second-order valence-corrected chi connectivity index (χ2v) is 10.1. The van der Waals surface area contributed by atoms with Crippen molar-refractivity contribution < 1.29 is 27.9 Å². The van der Waals surface area contributed by atoms with Crippen LogP contribution in [0.3, 0.4) is 0 Å². The highest BCUT2D eigenvalue weighted by Crippen LogP contribution is 2.35. The summed E-state index contributed by atoms with van der Waals surface area (Å²) in [5.74, 6) is -2.47. The number of hydrogen-bond acceptors (Lipinski definition) is 7. The van der Waals surface area contributed by atoms with Gasteiger partial charge in [-0.2, -0.15) is 8.78 Å². The van der Waals surface area contributed by atoms with E-state index in [1.165, 1.54) is 23.0 Å². The smallest absolute Gasteiger partial charge is 0.388 e. The van der Waals surface area contributed by atoms with E-state index in [-0.39, 0.29) is 17.3 Å². The van der Waals surface area contributed by atoms with Crippen molar-refractivity contribution in [3.05, 3.63) is 74.9 Å². The van der Waals surface area contributed by atoms with Crippen LogP contribution < -0.4 is 15.6 Å². The third-order valence-electron chi connectivity index (χ3n) is 6.35. The van der Waals surface area contributed by atoms with Gasteiger partial charge in [0.25, 0.3) is 17.7 Å². The van der Waals surface area contributed by atoms with Gasteiger partial charge >= 0.3 is 6.61 Å². The Morgan fingerprint density at radius 3 is 2.77 bits per heavy atom. The van der Waals surface area contributed by atoms with E-state index in [2.05, 4.69) is 31.6 Å². The van der Waals surface area contributed by atoms with Crippen LogP contribution in [0.1, 0.15) is 76.6 Å². The van der Waals surface area contributed by atoms with E-state index in [9.17, 15) is 23.2 Å². The summed E-state index contributed by atoms with van der Waals surface area (Å²) in [6, 6.07) is 2.01. The van der Waals surface area contributed by atoms with Crippen LogP contribution >= 0.6 is 11.3 Å². The average molecular weight is 558 g/mol. The lowest BCUT2D eigenvalue weighted by Gasteiger charge is -2.23. The average Bonchev–Trinajstić information content (AvgIpc) is 3.58. The van der Waals surface area contributed by atoms with Crippen LogP contribution in [0, 0.1) is 6.92 Å². The molecule has 2 aliphatic rings. The molecule has 1 atom stereocenters. The maximum atomic E-state index is 13.4. The molecule has 0 saturated carbocycles. The number of pyridine rings is 1. The number of rotatable bonds is 8. The van der Waals surface area contributed by atoms with E-state index in [4.69, 9.17) is 0 Å². The highest BCUT2D eigenvalue weighted by atomic mass is 32.1. The summed E-state index contributed by atoms with van der Waals surface area (Å²) in [4.78, 5) is 48.6. The number of amides is 3. The Morgan fingerprint density at radius 1 is 1.26 bits per heavy atom. The van der Waals surface area contributed by atoms with E-state index in [1.54, 1.807) is 17.9 Å². The Labute approximate surface area is 228 Å². The Kier molecular flexibility index (Phi) is 9.18. The predicted octanol–water partition coefficient (Wildman–Crippen LogP) is 4.80. The molecule has 3 amide bonds. The van der Waals surface area contributed by atoms with Gasteiger partial charge in [0.15, 0.2) is 0 Å². The zero-order chi connectivity index (χ0) is 27.9. The van der Waals surface area contributed by atoms with Gasteiger partial charge in [-0.05, 0) is 52.0 Å². The van der Waals surface area contributed by atoms with Gasteiger partial charge in [-0.1, -0.05) is 29.9 Å². The van der Waals surface area contributed by atoms with Gasteiger partial charge in [0.1, 0.15) is 10.7 Å². The SMILES string of the molecule is CC(=CCC1=CC=CCC1)C(=O)NNC(=O)c1cc(C(=O)N2CCC[C@@H]2c2nc(C)cs2)cc(OC(F)F)n1. The highest BCUT2D eigenvalue weighted by Gasteiger charge is 2.33. The Hall–Kier alpha value is -3.93. The van der Waals surface area contributed by atoms with Gasteiger partial charge in [0, 0.05) is 34.8 Å². The summed E-state index contributed by atoms with van der Waals surface area (Å²) in [6.45, 7) is 0.721. The van der Waals surface area contributed by atoms with Crippen LogP contribution in [0.4, 0.5) is 8.78 Å². The van der Waals surface area contributed by atoms with Gasteiger partial charge in [-0.25, -0.2) is 9.97 Å². The number of thiazole rings is 1. The van der Waals surface area contributed by atoms with Crippen molar-refractivity contribution in [3.8, 4) is 5.88 Å². The van der Waals surface area contributed by atoms with Crippen LogP contribution in [0.15, 0.2) is 53.0 Å². The fourth-order valence-electron chi connectivity index (χ4n) is 4.33. The van der Waals surface area contributed by atoms with E-state index in [0.29, 0.717) is 25.0 Å². The van der Waals surface area contributed by atoms with Crippen molar-refractivity contribution in [2.75, 3.05) is 6.54 Å². The van der Waals surface area contributed by atoms with Crippen LogP contribution in [-0.2, 0) is 4.79 Å². The molecule has 1 fully saturated rings. The minimum atomic E-state index is -3.21. The van der Waals surface area contributed by atoms with Crippen LogP contribution in [0.25, 0.3) is 0 Å². The van der Waals surface area contributed by atoms with E-state index < -0.39 is 30.2 Å². The number of hydrazine groups is 1. The first-order valence-electron chi connectivity index (χ1n) is 12.5. The van der Waals surface area contributed by atoms with Gasteiger partial charge < -0.3 is 9.64 Å². The molecule has 1 aliphatic heterocycles. The molecule has 206 valence electrons. The number of nitrogens with one attached hydrogen (secondary N) is 2. The van der Waals surface area contributed by atoms with E-state index >= 15 is 0 Å². The molecule has 2 N–H and O–H groups in total. The maximum Gasteiger partial charge on any atom is 0.388 e. The second kappa shape index (κ2) is 12.7. The van der Waals surface area contributed by atoms with Gasteiger partial charge in [0.2, 0.25) is 5.88 Å².